The van der Waals surface area contributed by atoms with Gasteiger partial charge in [0, 0.05) is 0 Å². The van der Waals surface area contributed by atoms with Crippen molar-refractivity contribution in [3.05, 3.63) is 35.4 Å². The number of hydrogen-bond donors (Lipinski definition) is 1. The van der Waals surface area contributed by atoms with Crippen LogP contribution in [0.4, 0.5) is 0 Å². The third kappa shape index (κ3) is 4.20. The van der Waals surface area contributed by atoms with Crippen molar-refractivity contribution < 1.29 is 14.5 Å². The summed E-state index contributed by atoms with van der Waals surface area (Å²) in [5, 5.41) is 8.72. The molecule has 0 saturated heterocycles. The van der Waals surface area contributed by atoms with Crippen molar-refractivity contribution in [3.63, 3.8) is 0 Å². The Morgan fingerprint density at radius 1 is 1.35 bits per heavy atom. The average molecular weight is 253 g/mol. The summed E-state index contributed by atoms with van der Waals surface area (Å²) >= 11 is -1.30. The average Bonchev–Trinajstić information content (AvgIpc) is 2.25. The molecule has 5 heteroatoms. The number of carboxylic acid groups (broad SMARTS) is 1. The number of carbonyl (C=O) groups is 1. The lowest BCUT2D eigenvalue weighted by Gasteiger charge is -2.17. The molecule has 0 heterocycles. The predicted molar refractivity (Wildman–Crippen MR) is 68.9 cm³/mol. The van der Waals surface area contributed by atoms with E-state index in [1.165, 1.54) is 18.3 Å². The van der Waals surface area contributed by atoms with E-state index in [2.05, 4.69) is 4.40 Å². The van der Waals surface area contributed by atoms with Crippen molar-refractivity contribution in [3.8, 4) is 0 Å². The van der Waals surface area contributed by atoms with E-state index in [0.29, 0.717) is 0 Å². The summed E-state index contributed by atoms with van der Waals surface area (Å²) < 4.78 is 15.2. The molecule has 0 aromatic heterocycles. The van der Waals surface area contributed by atoms with Crippen LogP contribution in [0.1, 0.15) is 36.7 Å². The van der Waals surface area contributed by atoms with E-state index in [0.717, 1.165) is 5.56 Å². The topological polar surface area (TPSA) is 72.7 Å². The molecule has 92 valence electrons. The highest BCUT2D eigenvalue weighted by Crippen LogP contribution is 2.16. The van der Waals surface area contributed by atoms with Crippen molar-refractivity contribution in [2.45, 2.75) is 25.5 Å². The molecule has 1 aromatic rings. The van der Waals surface area contributed by atoms with Gasteiger partial charge in [0.25, 0.3) is 0 Å². The minimum absolute atomic E-state index is 0.221. The van der Waals surface area contributed by atoms with Crippen LogP contribution in [0.15, 0.2) is 28.7 Å². The number of hydrogen-bond acceptors (Lipinski definition) is 3. The number of benzene rings is 1. The van der Waals surface area contributed by atoms with Gasteiger partial charge in [-0.3, -0.25) is 0 Å². The molecule has 0 fully saturated rings. The second kappa shape index (κ2) is 5.33. The lowest BCUT2D eigenvalue weighted by atomic mass is 10.1. The molecule has 0 radical (unpaired) electrons. The second-order valence-electron chi connectivity index (χ2n) is 4.52. The van der Waals surface area contributed by atoms with Crippen LogP contribution in [0.25, 0.3) is 0 Å². The maximum absolute atomic E-state index is 11.6. The molecule has 4 nitrogen and oxygen atoms in total. The molecule has 0 aliphatic carbocycles. The van der Waals surface area contributed by atoms with Gasteiger partial charge in [0.05, 0.1) is 11.8 Å². The predicted octanol–water partition coefficient (Wildman–Crippen LogP) is 2.27. The summed E-state index contributed by atoms with van der Waals surface area (Å²) in [7, 11) is 0. The molecule has 0 bridgehead atoms. The first-order valence-corrected chi connectivity index (χ1v) is 6.21. The largest absolute Gasteiger partial charge is 0.591 e. The van der Waals surface area contributed by atoms with E-state index in [-0.39, 0.29) is 5.56 Å². The minimum Gasteiger partial charge on any atom is -0.591 e. The Labute approximate surface area is 104 Å². The lowest BCUT2D eigenvalue weighted by Crippen LogP contribution is -2.25. The second-order valence-corrected chi connectivity index (χ2v) is 6.46. The zero-order valence-corrected chi connectivity index (χ0v) is 10.8. The van der Waals surface area contributed by atoms with Gasteiger partial charge >= 0.3 is 5.97 Å². The van der Waals surface area contributed by atoms with Gasteiger partial charge in [-0.15, -0.1) is 0 Å². The quantitative estimate of drug-likeness (QED) is 0.663. The smallest absolute Gasteiger partial charge is 0.335 e. The Kier molecular flexibility index (Phi) is 4.31. The lowest BCUT2D eigenvalue weighted by molar-refractivity contribution is 0.0697. The van der Waals surface area contributed by atoms with Crippen molar-refractivity contribution >= 4 is 23.5 Å². The van der Waals surface area contributed by atoms with E-state index in [4.69, 9.17) is 5.11 Å². The Morgan fingerprint density at radius 3 is 2.29 bits per heavy atom. The molecule has 0 saturated carbocycles. The molecule has 0 aliphatic rings. The molecular formula is C12H15NO3S. The number of aromatic carboxylic acids is 1. The van der Waals surface area contributed by atoms with Gasteiger partial charge in [0.2, 0.25) is 0 Å². The van der Waals surface area contributed by atoms with E-state index in [1.54, 1.807) is 12.1 Å². The Bertz CT molecular complexity index is 420. The summed E-state index contributed by atoms with van der Waals surface area (Å²) in [6.07, 6.45) is 1.49. The maximum atomic E-state index is 11.6. The molecule has 1 N–H and O–H groups in total. The van der Waals surface area contributed by atoms with Crippen LogP contribution in [0, 0.1) is 0 Å². The Hall–Kier alpha value is -1.33. The molecule has 1 aromatic carbocycles. The van der Waals surface area contributed by atoms with Gasteiger partial charge in [0.15, 0.2) is 0 Å². The van der Waals surface area contributed by atoms with Crippen LogP contribution < -0.4 is 0 Å². The van der Waals surface area contributed by atoms with Crippen molar-refractivity contribution in [2.75, 3.05) is 0 Å². The number of nitrogens with zero attached hydrogens (tertiary/aromatic N) is 1. The number of rotatable bonds is 3. The third-order valence-corrected chi connectivity index (χ3v) is 3.32. The van der Waals surface area contributed by atoms with Crippen molar-refractivity contribution in [2.24, 2.45) is 4.40 Å². The van der Waals surface area contributed by atoms with Crippen LogP contribution in [0.2, 0.25) is 0 Å². The van der Waals surface area contributed by atoms with Crippen LogP contribution in [-0.4, -0.2) is 26.6 Å². The van der Waals surface area contributed by atoms with Gasteiger partial charge in [-0.05, 0) is 38.5 Å². The molecule has 0 spiro atoms. The molecule has 1 rings (SSSR count). The van der Waals surface area contributed by atoms with E-state index in [9.17, 15) is 9.35 Å². The third-order valence-electron chi connectivity index (χ3n) is 1.98. The van der Waals surface area contributed by atoms with Gasteiger partial charge in [-0.1, -0.05) is 16.5 Å². The van der Waals surface area contributed by atoms with Gasteiger partial charge in [-0.2, -0.15) is 0 Å². The van der Waals surface area contributed by atoms with Crippen LogP contribution in [0.3, 0.4) is 0 Å². The van der Waals surface area contributed by atoms with E-state index < -0.39 is 22.1 Å². The molecule has 1 atom stereocenters. The maximum Gasteiger partial charge on any atom is 0.335 e. The fraction of sp³-hybridized carbons (Fsp3) is 0.333. The fourth-order valence-electron chi connectivity index (χ4n) is 0.979. The van der Waals surface area contributed by atoms with E-state index >= 15 is 0 Å². The highest BCUT2D eigenvalue weighted by molar-refractivity contribution is 7.91. The van der Waals surface area contributed by atoms with E-state index in [1.807, 2.05) is 20.8 Å². The Morgan fingerprint density at radius 2 is 1.88 bits per heavy atom. The molecule has 0 unspecified atom stereocenters. The molecular weight excluding hydrogens is 238 g/mol. The minimum atomic E-state index is -1.30. The summed E-state index contributed by atoms with van der Waals surface area (Å²) in [6, 6.07) is 6.24. The monoisotopic (exact) mass is 253 g/mol. The highest BCUT2D eigenvalue weighted by Gasteiger charge is 2.25. The van der Waals surface area contributed by atoms with Crippen LogP contribution >= 0.6 is 0 Å². The summed E-state index contributed by atoms with van der Waals surface area (Å²) in [4.78, 5) is 10.6. The van der Waals surface area contributed by atoms with Gasteiger partial charge in [-0.25, -0.2) is 4.79 Å². The van der Waals surface area contributed by atoms with Crippen LogP contribution in [0.5, 0.6) is 0 Å². The van der Waals surface area contributed by atoms with Gasteiger partial charge in [0.1, 0.15) is 16.1 Å². The van der Waals surface area contributed by atoms with Crippen LogP contribution in [-0.2, 0) is 11.4 Å². The first kappa shape index (κ1) is 13.7. The summed E-state index contributed by atoms with van der Waals surface area (Å²) in [6.45, 7) is 5.52. The van der Waals surface area contributed by atoms with Gasteiger partial charge < -0.3 is 9.66 Å². The first-order chi connectivity index (χ1) is 7.80. The highest BCUT2D eigenvalue weighted by atomic mass is 32.2. The molecule has 17 heavy (non-hydrogen) atoms. The normalized spacial score (nSPS) is 13.9. The number of carboxylic acids is 1. The standard InChI is InChI=1S/C12H15NO3S/c1-12(2,3)17(16)13-8-9-4-6-10(7-5-9)11(14)15/h4-8H,1-3H3,(H,14,15)/t17-/m0/s1. The fourth-order valence-corrected chi connectivity index (χ4v) is 1.51. The summed E-state index contributed by atoms with van der Waals surface area (Å²) in [5.74, 6) is -0.966. The molecule has 0 aliphatic heterocycles. The zero-order valence-electron chi connectivity index (χ0n) is 10.0. The van der Waals surface area contributed by atoms with Crippen molar-refractivity contribution in [1.82, 2.24) is 0 Å². The first-order valence-electron chi connectivity index (χ1n) is 5.10. The Balaban J connectivity index is 2.76. The van der Waals surface area contributed by atoms with Crippen molar-refractivity contribution in [1.29, 1.82) is 0 Å². The zero-order chi connectivity index (χ0) is 13.1. The SMILES string of the molecule is CC(C)(C)[S@+]([O-])N=Cc1ccc(C(=O)O)cc1. The summed E-state index contributed by atoms with van der Waals surface area (Å²) in [5.41, 5.74) is 0.951. The molecule has 0 amide bonds.